The van der Waals surface area contributed by atoms with Gasteiger partial charge >= 0.3 is 0 Å². The summed E-state index contributed by atoms with van der Waals surface area (Å²) in [4.78, 5) is 4.91. The Kier molecular flexibility index (Phi) is 4.11. The molecule has 4 rings (SSSR count). The number of benzene rings is 3. The highest BCUT2D eigenvalue weighted by atomic mass is 16.5. The Balaban J connectivity index is 1.71. The smallest absolute Gasteiger partial charge is 0.216 e. The minimum Gasteiger partial charge on any atom is -0.475 e. The lowest BCUT2D eigenvalue weighted by Gasteiger charge is -2.21. The van der Waals surface area contributed by atoms with Crippen molar-refractivity contribution in [2.24, 2.45) is 4.99 Å². The van der Waals surface area contributed by atoms with Crippen molar-refractivity contribution in [1.82, 2.24) is 0 Å². The molecule has 0 N–H and O–H groups in total. The first-order chi connectivity index (χ1) is 11.9. The number of hydrogen-bond acceptors (Lipinski definition) is 2. The van der Waals surface area contributed by atoms with Crippen LogP contribution in [-0.2, 0) is 4.74 Å². The van der Waals surface area contributed by atoms with E-state index in [0.29, 0.717) is 6.61 Å². The maximum absolute atomic E-state index is 5.93. The molecule has 1 atom stereocenters. The molecule has 1 aliphatic rings. The first-order valence-electron chi connectivity index (χ1n) is 8.28. The molecule has 0 aromatic heterocycles. The van der Waals surface area contributed by atoms with Crippen LogP contribution in [0, 0.1) is 0 Å². The monoisotopic (exact) mass is 313 g/mol. The lowest BCUT2D eigenvalue weighted by Crippen LogP contribution is -2.19. The molecule has 0 unspecified atom stereocenters. The predicted octanol–water partition coefficient (Wildman–Crippen LogP) is 4.66. The van der Waals surface area contributed by atoms with Gasteiger partial charge in [0, 0.05) is 11.5 Å². The van der Waals surface area contributed by atoms with Crippen molar-refractivity contribution in [3.05, 3.63) is 108 Å². The predicted molar refractivity (Wildman–Crippen MR) is 97.4 cm³/mol. The molecule has 3 aromatic rings. The molecule has 0 radical (unpaired) electrons. The first kappa shape index (κ1) is 14.7. The quantitative estimate of drug-likeness (QED) is 0.686. The maximum Gasteiger partial charge on any atom is 0.216 e. The molecule has 0 saturated heterocycles. The van der Waals surface area contributed by atoms with Crippen LogP contribution in [-0.4, -0.2) is 18.5 Å². The zero-order chi connectivity index (χ0) is 16.2. The maximum atomic E-state index is 5.93. The average Bonchev–Trinajstić information content (AvgIpc) is 3.14. The fraction of sp³-hybridized carbons (Fsp3) is 0.136. The van der Waals surface area contributed by atoms with Crippen molar-refractivity contribution in [2.75, 3.05) is 6.61 Å². The second-order valence-electron chi connectivity index (χ2n) is 5.98. The molecule has 1 heterocycles. The van der Waals surface area contributed by atoms with E-state index < -0.39 is 0 Å². The van der Waals surface area contributed by atoms with Gasteiger partial charge in [-0.2, -0.15) is 0 Å². The molecular weight excluding hydrogens is 294 g/mol. The summed E-state index contributed by atoms with van der Waals surface area (Å²) in [5, 5.41) is 0. The van der Waals surface area contributed by atoms with Crippen molar-refractivity contribution < 1.29 is 4.74 Å². The third-order valence-corrected chi connectivity index (χ3v) is 4.40. The van der Waals surface area contributed by atoms with E-state index in [0.717, 1.165) is 11.5 Å². The van der Waals surface area contributed by atoms with Crippen LogP contribution in [0.2, 0.25) is 0 Å². The van der Waals surface area contributed by atoms with E-state index in [-0.39, 0.29) is 12.0 Å². The Labute approximate surface area is 142 Å². The molecule has 24 heavy (non-hydrogen) atoms. The van der Waals surface area contributed by atoms with Gasteiger partial charge in [0.2, 0.25) is 5.90 Å². The summed E-state index contributed by atoms with van der Waals surface area (Å²) in [7, 11) is 0. The average molecular weight is 313 g/mol. The van der Waals surface area contributed by atoms with E-state index in [1.54, 1.807) is 0 Å². The van der Waals surface area contributed by atoms with Gasteiger partial charge in [-0.15, -0.1) is 0 Å². The summed E-state index contributed by atoms with van der Waals surface area (Å²) < 4.78 is 5.93. The molecule has 0 spiro atoms. The van der Waals surface area contributed by atoms with Gasteiger partial charge in [0.05, 0.1) is 6.04 Å². The third-order valence-electron chi connectivity index (χ3n) is 4.40. The Morgan fingerprint density at radius 2 is 1.21 bits per heavy atom. The van der Waals surface area contributed by atoms with Gasteiger partial charge in [0.15, 0.2) is 0 Å². The number of ether oxygens (including phenoxy) is 1. The molecular formula is C22H19NO. The van der Waals surface area contributed by atoms with Gasteiger partial charge in [0.25, 0.3) is 0 Å². The highest BCUT2D eigenvalue weighted by Gasteiger charge is 2.30. The molecule has 2 heteroatoms. The molecule has 3 aromatic carbocycles. The Morgan fingerprint density at radius 1 is 0.708 bits per heavy atom. The molecule has 2 nitrogen and oxygen atoms in total. The molecule has 0 amide bonds. The first-order valence-corrected chi connectivity index (χ1v) is 8.28. The van der Waals surface area contributed by atoms with Crippen LogP contribution in [0.15, 0.2) is 96.0 Å². The van der Waals surface area contributed by atoms with Gasteiger partial charge in [-0.1, -0.05) is 78.9 Å². The second kappa shape index (κ2) is 6.71. The lowest BCUT2D eigenvalue weighted by atomic mass is 9.86. The largest absolute Gasteiger partial charge is 0.475 e. The van der Waals surface area contributed by atoms with E-state index in [1.165, 1.54) is 11.1 Å². The van der Waals surface area contributed by atoms with Gasteiger partial charge in [0.1, 0.15) is 6.61 Å². The Bertz CT molecular complexity index is 773. The zero-order valence-electron chi connectivity index (χ0n) is 13.4. The van der Waals surface area contributed by atoms with Gasteiger partial charge in [-0.05, 0) is 23.3 Å². The van der Waals surface area contributed by atoms with Gasteiger partial charge in [-0.25, -0.2) is 4.99 Å². The van der Waals surface area contributed by atoms with Crippen LogP contribution in [0.4, 0.5) is 0 Å². The van der Waals surface area contributed by atoms with Crippen molar-refractivity contribution >= 4 is 5.90 Å². The van der Waals surface area contributed by atoms with Crippen molar-refractivity contribution in [1.29, 1.82) is 0 Å². The lowest BCUT2D eigenvalue weighted by molar-refractivity contribution is 0.308. The zero-order valence-corrected chi connectivity index (χ0v) is 13.4. The highest BCUT2D eigenvalue weighted by molar-refractivity contribution is 5.95. The van der Waals surface area contributed by atoms with Crippen LogP contribution >= 0.6 is 0 Å². The second-order valence-corrected chi connectivity index (χ2v) is 5.98. The minimum atomic E-state index is 0.0880. The fourth-order valence-electron chi connectivity index (χ4n) is 3.26. The van der Waals surface area contributed by atoms with Gasteiger partial charge in [-0.3, -0.25) is 0 Å². The fourth-order valence-corrected chi connectivity index (χ4v) is 3.26. The van der Waals surface area contributed by atoms with E-state index in [2.05, 4.69) is 60.7 Å². The van der Waals surface area contributed by atoms with Crippen LogP contribution < -0.4 is 0 Å². The van der Waals surface area contributed by atoms with E-state index in [4.69, 9.17) is 9.73 Å². The molecule has 118 valence electrons. The summed E-state index contributed by atoms with van der Waals surface area (Å²) in [6.07, 6.45) is 0. The summed E-state index contributed by atoms with van der Waals surface area (Å²) in [6.45, 7) is 0.610. The number of nitrogens with zero attached hydrogens (tertiary/aromatic N) is 1. The summed E-state index contributed by atoms with van der Waals surface area (Å²) >= 11 is 0. The van der Waals surface area contributed by atoms with Crippen molar-refractivity contribution in [2.45, 2.75) is 12.0 Å². The molecule has 0 saturated carbocycles. The highest BCUT2D eigenvalue weighted by Crippen LogP contribution is 2.32. The normalized spacial score (nSPS) is 16.7. The third kappa shape index (κ3) is 2.95. The van der Waals surface area contributed by atoms with Crippen LogP contribution in [0.5, 0.6) is 0 Å². The molecule has 0 aliphatic carbocycles. The van der Waals surface area contributed by atoms with Crippen molar-refractivity contribution in [3.63, 3.8) is 0 Å². The van der Waals surface area contributed by atoms with E-state index >= 15 is 0 Å². The Hall–Kier alpha value is -2.87. The SMILES string of the molecule is c1ccc(C2=N[C@@H](C(c3ccccc3)c3ccccc3)CO2)cc1. The van der Waals surface area contributed by atoms with E-state index in [9.17, 15) is 0 Å². The van der Waals surface area contributed by atoms with Crippen LogP contribution in [0.3, 0.4) is 0 Å². The summed E-state index contributed by atoms with van der Waals surface area (Å²) in [6, 6.07) is 31.4. The van der Waals surface area contributed by atoms with Crippen molar-refractivity contribution in [3.8, 4) is 0 Å². The number of rotatable bonds is 4. The molecule has 0 bridgehead atoms. The number of hydrogen-bond donors (Lipinski definition) is 0. The Morgan fingerprint density at radius 3 is 1.75 bits per heavy atom. The van der Waals surface area contributed by atoms with E-state index in [1.807, 2.05) is 30.3 Å². The minimum absolute atomic E-state index is 0.0880. The van der Waals surface area contributed by atoms with Crippen LogP contribution in [0.25, 0.3) is 0 Å². The molecule has 1 aliphatic heterocycles. The van der Waals surface area contributed by atoms with Crippen LogP contribution in [0.1, 0.15) is 22.6 Å². The number of aliphatic imine (C=N–C) groups is 1. The summed E-state index contributed by atoms with van der Waals surface area (Å²) in [5.41, 5.74) is 3.59. The van der Waals surface area contributed by atoms with Gasteiger partial charge < -0.3 is 4.74 Å². The molecule has 0 fully saturated rings. The summed E-state index contributed by atoms with van der Waals surface area (Å²) in [5.74, 6) is 0.950. The standard InChI is InChI=1S/C22H19NO/c1-4-10-17(11-5-1)21(18-12-6-2-7-13-18)20-16-24-22(23-20)19-14-8-3-9-15-19/h1-15,20-21H,16H2/t20-/m1/s1. The topological polar surface area (TPSA) is 21.6 Å².